The van der Waals surface area contributed by atoms with Gasteiger partial charge < -0.3 is 16.0 Å². The van der Waals surface area contributed by atoms with Crippen LogP contribution in [0, 0.1) is 5.92 Å². The fraction of sp³-hybridized carbons (Fsp3) is 0.579. The summed E-state index contributed by atoms with van der Waals surface area (Å²) in [5.74, 6) is 0.823. The van der Waals surface area contributed by atoms with Gasteiger partial charge in [-0.3, -0.25) is 4.79 Å². The molecule has 0 saturated heterocycles. The maximum absolute atomic E-state index is 12.3. The summed E-state index contributed by atoms with van der Waals surface area (Å²) in [5, 5.41) is 3.04. The molecule has 1 aromatic rings. The average molecular weight is 395 g/mol. The highest BCUT2D eigenvalue weighted by Gasteiger charge is 2.30. The van der Waals surface area contributed by atoms with E-state index in [0.717, 1.165) is 6.42 Å². The molecule has 2 rings (SSSR count). The van der Waals surface area contributed by atoms with Crippen molar-refractivity contribution in [3.05, 3.63) is 29.8 Å². The SMILES string of the molecule is CC(C)CC(C)(CN)NC(=O)CCCN(C)C1=NS(=O)(=O)c2ccccc21. The Labute approximate surface area is 162 Å². The van der Waals surface area contributed by atoms with E-state index in [-0.39, 0.29) is 10.8 Å². The lowest BCUT2D eigenvalue weighted by Gasteiger charge is -2.31. The number of sulfonamides is 1. The second kappa shape index (κ2) is 8.39. The van der Waals surface area contributed by atoms with E-state index in [4.69, 9.17) is 5.73 Å². The normalized spacial score (nSPS) is 17.2. The van der Waals surface area contributed by atoms with Crippen molar-refractivity contribution in [2.75, 3.05) is 20.1 Å². The molecule has 3 N–H and O–H groups in total. The van der Waals surface area contributed by atoms with Crippen molar-refractivity contribution < 1.29 is 13.2 Å². The van der Waals surface area contributed by atoms with Crippen molar-refractivity contribution in [1.29, 1.82) is 0 Å². The lowest BCUT2D eigenvalue weighted by Crippen LogP contribution is -2.52. The van der Waals surface area contributed by atoms with Gasteiger partial charge in [0, 0.05) is 37.7 Å². The summed E-state index contributed by atoms with van der Waals surface area (Å²) < 4.78 is 28.2. The van der Waals surface area contributed by atoms with E-state index in [1.807, 2.05) is 6.92 Å². The molecule has 1 heterocycles. The van der Waals surface area contributed by atoms with Crippen molar-refractivity contribution in [2.45, 2.75) is 50.5 Å². The number of rotatable bonds is 8. The van der Waals surface area contributed by atoms with E-state index >= 15 is 0 Å². The fourth-order valence-electron chi connectivity index (χ4n) is 3.43. The molecule has 1 aliphatic heterocycles. The molecule has 150 valence electrons. The van der Waals surface area contributed by atoms with Crippen LogP contribution in [0.2, 0.25) is 0 Å². The van der Waals surface area contributed by atoms with Crippen LogP contribution in [0.1, 0.15) is 45.6 Å². The first-order chi connectivity index (χ1) is 12.6. The molecule has 1 unspecified atom stereocenters. The Morgan fingerprint density at radius 3 is 2.63 bits per heavy atom. The highest BCUT2D eigenvalue weighted by atomic mass is 32.2. The smallest absolute Gasteiger partial charge is 0.285 e. The van der Waals surface area contributed by atoms with Gasteiger partial charge in [0.1, 0.15) is 10.7 Å². The zero-order chi connectivity index (χ0) is 20.2. The molecule has 7 nitrogen and oxygen atoms in total. The Kier molecular flexibility index (Phi) is 6.64. The molecule has 0 saturated carbocycles. The van der Waals surface area contributed by atoms with Crippen molar-refractivity contribution in [2.24, 2.45) is 16.0 Å². The van der Waals surface area contributed by atoms with Gasteiger partial charge in [0.2, 0.25) is 5.91 Å². The summed E-state index contributed by atoms with van der Waals surface area (Å²) in [6.07, 6.45) is 1.76. The monoisotopic (exact) mass is 394 g/mol. The van der Waals surface area contributed by atoms with Crippen LogP contribution in [0.3, 0.4) is 0 Å². The van der Waals surface area contributed by atoms with Crippen LogP contribution in [0.15, 0.2) is 33.6 Å². The highest BCUT2D eigenvalue weighted by molar-refractivity contribution is 7.90. The van der Waals surface area contributed by atoms with Gasteiger partial charge in [0.05, 0.1) is 0 Å². The average Bonchev–Trinajstić information content (AvgIpc) is 2.86. The van der Waals surface area contributed by atoms with Gasteiger partial charge in [0.25, 0.3) is 10.0 Å². The number of carbonyl (C=O) groups excluding carboxylic acids is 1. The number of amides is 1. The Morgan fingerprint density at radius 1 is 1.33 bits per heavy atom. The number of hydrogen-bond acceptors (Lipinski definition) is 5. The molecule has 1 aromatic carbocycles. The first-order valence-electron chi connectivity index (χ1n) is 9.24. The minimum absolute atomic E-state index is 0.0432. The number of fused-ring (bicyclic) bond motifs is 1. The summed E-state index contributed by atoms with van der Waals surface area (Å²) in [7, 11) is -1.84. The largest absolute Gasteiger partial charge is 0.358 e. The maximum Gasteiger partial charge on any atom is 0.285 e. The second-order valence-corrected chi connectivity index (χ2v) is 9.39. The molecule has 0 radical (unpaired) electrons. The van der Waals surface area contributed by atoms with Crippen LogP contribution in [0.25, 0.3) is 0 Å². The van der Waals surface area contributed by atoms with E-state index in [1.165, 1.54) is 0 Å². The predicted molar refractivity (Wildman–Crippen MR) is 107 cm³/mol. The van der Waals surface area contributed by atoms with Crippen molar-refractivity contribution in [1.82, 2.24) is 10.2 Å². The number of benzene rings is 1. The summed E-state index contributed by atoms with van der Waals surface area (Å²) in [6, 6.07) is 6.79. The first kappa shape index (κ1) is 21.4. The molecule has 1 atom stereocenters. The molecule has 0 aromatic heterocycles. The molecular formula is C19H30N4O3S. The molecule has 1 aliphatic rings. The van der Waals surface area contributed by atoms with Gasteiger partial charge in [-0.1, -0.05) is 26.0 Å². The van der Waals surface area contributed by atoms with Gasteiger partial charge in [-0.05, 0) is 37.8 Å². The van der Waals surface area contributed by atoms with Gasteiger partial charge in [-0.25, -0.2) is 0 Å². The lowest BCUT2D eigenvalue weighted by molar-refractivity contribution is -0.123. The summed E-state index contributed by atoms with van der Waals surface area (Å²) in [4.78, 5) is 14.3. The minimum atomic E-state index is -3.63. The molecule has 0 bridgehead atoms. The number of nitrogens with one attached hydrogen (secondary N) is 1. The third-order valence-corrected chi connectivity index (χ3v) is 5.95. The van der Waals surface area contributed by atoms with Crippen LogP contribution in [-0.2, 0) is 14.8 Å². The zero-order valence-electron chi connectivity index (χ0n) is 16.5. The third-order valence-electron chi connectivity index (χ3n) is 4.62. The molecule has 0 fully saturated rings. The van der Waals surface area contributed by atoms with Gasteiger partial charge >= 0.3 is 0 Å². The van der Waals surface area contributed by atoms with Crippen molar-refractivity contribution in [3.8, 4) is 0 Å². The number of nitrogens with two attached hydrogens (primary N) is 1. The van der Waals surface area contributed by atoms with Crippen molar-refractivity contribution >= 4 is 21.8 Å². The molecule has 0 spiro atoms. The minimum Gasteiger partial charge on any atom is -0.358 e. The Hall–Kier alpha value is -1.93. The molecule has 27 heavy (non-hydrogen) atoms. The zero-order valence-corrected chi connectivity index (χ0v) is 17.3. The van der Waals surface area contributed by atoms with E-state index in [0.29, 0.717) is 43.2 Å². The maximum atomic E-state index is 12.3. The number of nitrogens with zero attached hydrogens (tertiary/aromatic N) is 2. The quantitative estimate of drug-likeness (QED) is 0.699. The topological polar surface area (TPSA) is 105 Å². The molecule has 1 amide bonds. The van der Waals surface area contributed by atoms with Gasteiger partial charge in [-0.15, -0.1) is 4.40 Å². The lowest BCUT2D eigenvalue weighted by atomic mass is 9.90. The summed E-state index contributed by atoms with van der Waals surface area (Å²) in [6.45, 7) is 7.08. The predicted octanol–water partition coefficient (Wildman–Crippen LogP) is 1.73. The molecular weight excluding hydrogens is 364 g/mol. The molecule has 8 heteroatoms. The fourth-order valence-corrected chi connectivity index (χ4v) is 4.68. The summed E-state index contributed by atoms with van der Waals surface area (Å²) >= 11 is 0. The van der Waals surface area contributed by atoms with Crippen molar-refractivity contribution in [3.63, 3.8) is 0 Å². The first-order valence-corrected chi connectivity index (χ1v) is 10.7. The Morgan fingerprint density at radius 2 is 2.00 bits per heavy atom. The van der Waals surface area contributed by atoms with Gasteiger partial charge in [-0.2, -0.15) is 8.42 Å². The second-order valence-electron chi connectivity index (χ2n) is 7.82. The highest BCUT2D eigenvalue weighted by Crippen LogP contribution is 2.27. The third kappa shape index (κ3) is 5.29. The van der Waals surface area contributed by atoms with E-state index in [1.54, 1.807) is 36.2 Å². The Balaban J connectivity index is 1.92. The Bertz CT molecular complexity index is 820. The van der Waals surface area contributed by atoms with Crippen LogP contribution in [0.4, 0.5) is 0 Å². The standard InChI is InChI=1S/C19H30N4O3S/c1-14(2)12-19(3,13-20)21-17(24)10-7-11-23(4)18-15-8-5-6-9-16(15)27(25,26)22-18/h5-6,8-9,14H,7,10-13,20H2,1-4H3,(H,21,24). The number of amidine groups is 1. The number of hydrogen-bond donors (Lipinski definition) is 2. The van der Waals surface area contributed by atoms with Crippen LogP contribution >= 0.6 is 0 Å². The molecule has 0 aliphatic carbocycles. The van der Waals surface area contributed by atoms with E-state index in [9.17, 15) is 13.2 Å². The van der Waals surface area contributed by atoms with Crippen LogP contribution in [-0.4, -0.2) is 50.7 Å². The van der Waals surface area contributed by atoms with Crippen LogP contribution < -0.4 is 11.1 Å². The number of carbonyl (C=O) groups is 1. The summed E-state index contributed by atoms with van der Waals surface area (Å²) in [5.41, 5.74) is 6.04. The van der Waals surface area contributed by atoms with Gasteiger partial charge in [0.15, 0.2) is 0 Å². The van der Waals surface area contributed by atoms with Crippen LogP contribution in [0.5, 0.6) is 0 Å². The van der Waals surface area contributed by atoms with E-state index in [2.05, 4.69) is 23.6 Å². The van der Waals surface area contributed by atoms with E-state index < -0.39 is 15.6 Å².